The minimum atomic E-state index is -4.71. The number of benzene rings is 1. The molecule has 1 aromatic rings. The van der Waals surface area contributed by atoms with E-state index in [1.54, 1.807) is 4.90 Å². The van der Waals surface area contributed by atoms with E-state index in [0.29, 0.717) is 32.0 Å². The Balaban J connectivity index is 3.11. The lowest BCUT2D eigenvalue weighted by atomic mass is 10.1. The molecule has 0 saturated heterocycles. The molecular formula is C14H18F3NO3. The summed E-state index contributed by atoms with van der Waals surface area (Å²) in [4.78, 5) is 12.6. The van der Waals surface area contributed by atoms with E-state index in [4.69, 9.17) is 9.84 Å². The van der Waals surface area contributed by atoms with E-state index < -0.39 is 23.3 Å². The molecule has 0 saturated carbocycles. The first-order chi connectivity index (χ1) is 9.81. The fourth-order valence-corrected chi connectivity index (χ4v) is 1.94. The van der Waals surface area contributed by atoms with Crippen LogP contribution in [-0.4, -0.2) is 37.4 Å². The molecule has 0 aromatic heterocycles. The molecule has 0 bridgehead atoms. The minimum absolute atomic E-state index is 0.328. The number of nitrogens with zero attached hydrogens (tertiary/aromatic N) is 1. The summed E-state index contributed by atoms with van der Waals surface area (Å²) in [6.07, 6.45) is -4.71. The number of aromatic carboxylic acids is 1. The lowest BCUT2D eigenvalue weighted by molar-refractivity contribution is -0.138. The quantitative estimate of drug-likeness (QED) is 0.786. The van der Waals surface area contributed by atoms with Gasteiger partial charge in [-0.25, -0.2) is 4.79 Å². The molecule has 0 aliphatic carbocycles. The lowest BCUT2D eigenvalue weighted by Crippen LogP contribution is -2.27. The van der Waals surface area contributed by atoms with Crippen molar-refractivity contribution < 1.29 is 27.8 Å². The highest BCUT2D eigenvalue weighted by molar-refractivity contribution is 5.90. The van der Waals surface area contributed by atoms with Crippen molar-refractivity contribution in [1.82, 2.24) is 0 Å². The van der Waals surface area contributed by atoms with E-state index in [1.807, 2.05) is 13.8 Å². The Bertz CT molecular complexity index is 489. The molecule has 0 spiro atoms. The summed E-state index contributed by atoms with van der Waals surface area (Å²) in [5, 5.41) is 8.86. The Labute approximate surface area is 121 Å². The molecule has 7 heteroatoms. The topological polar surface area (TPSA) is 49.8 Å². The van der Waals surface area contributed by atoms with E-state index in [1.165, 1.54) is 6.07 Å². The Morgan fingerprint density at radius 3 is 2.48 bits per heavy atom. The number of hydrogen-bond donors (Lipinski definition) is 1. The predicted octanol–water partition coefficient (Wildman–Crippen LogP) is 3.27. The first-order valence-electron chi connectivity index (χ1n) is 6.58. The van der Waals surface area contributed by atoms with Gasteiger partial charge in [-0.2, -0.15) is 13.2 Å². The summed E-state index contributed by atoms with van der Waals surface area (Å²) in [5.41, 5.74) is -1.55. The van der Waals surface area contributed by atoms with Gasteiger partial charge in [-0.05, 0) is 32.0 Å². The summed E-state index contributed by atoms with van der Waals surface area (Å²) in [6.45, 7) is 5.50. The van der Waals surface area contributed by atoms with Crippen LogP contribution in [0, 0.1) is 0 Å². The predicted molar refractivity (Wildman–Crippen MR) is 72.8 cm³/mol. The van der Waals surface area contributed by atoms with E-state index >= 15 is 0 Å². The van der Waals surface area contributed by atoms with E-state index in [9.17, 15) is 18.0 Å². The zero-order valence-corrected chi connectivity index (χ0v) is 11.9. The van der Waals surface area contributed by atoms with E-state index in [2.05, 4.69) is 0 Å². The van der Waals surface area contributed by atoms with Crippen molar-refractivity contribution in [1.29, 1.82) is 0 Å². The van der Waals surface area contributed by atoms with Crippen LogP contribution >= 0.6 is 0 Å². The normalized spacial score (nSPS) is 11.5. The van der Waals surface area contributed by atoms with Crippen LogP contribution in [0.15, 0.2) is 18.2 Å². The fraction of sp³-hybridized carbons (Fsp3) is 0.500. The monoisotopic (exact) mass is 305 g/mol. The molecule has 1 N–H and O–H groups in total. The fourth-order valence-electron chi connectivity index (χ4n) is 1.94. The second kappa shape index (κ2) is 7.31. The van der Waals surface area contributed by atoms with Gasteiger partial charge in [-0.1, -0.05) is 0 Å². The Morgan fingerprint density at radius 1 is 1.33 bits per heavy atom. The number of anilines is 1. The maximum Gasteiger partial charge on any atom is 0.417 e. The third-order valence-corrected chi connectivity index (χ3v) is 3.00. The van der Waals surface area contributed by atoms with Crippen molar-refractivity contribution in [2.45, 2.75) is 20.0 Å². The molecule has 0 fully saturated rings. The van der Waals surface area contributed by atoms with Crippen LogP contribution in [0.3, 0.4) is 0 Å². The van der Waals surface area contributed by atoms with Crippen molar-refractivity contribution in [2.24, 2.45) is 0 Å². The smallest absolute Gasteiger partial charge is 0.417 e. The van der Waals surface area contributed by atoms with Gasteiger partial charge >= 0.3 is 12.1 Å². The molecule has 0 atom stereocenters. The summed E-state index contributed by atoms with van der Waals surface area (Å²) in [7, 11) is 0. The number of likely N-dealkylation sites (N-methyl/N-ethyl adjacent to an activating group) is 1. The Kier molecular flexibility index (Phi) is 6.02. The lowest BCUT2D eigenvalue weighted by Gasteiger charge is -2.24. The number of hydrogen-bond acceptors (Lipinski definition) is 3. The van der Waals surface area contributed by atoms with Crippen molar-refractivity contribution in [3.05, 3.63) is 29.3 Å². The van der Waals surface area contributed by atoms with Crippen LogP contribution in [0.5, 0.6) is 0 Å². The highest BCUT2D eigenvalue weighted by Crippen LogP contribution is 2.34. The van der Waals surface area contributed by atoms with Gasteiger partial charge in [0.15, 0.2) is 0 Å². The number of ether oxygens (including phenoxy) is 1. The third-order valence-electron chi connectivity index (χ3n) is 3.00. The number of carbonyl (C=O) groups is 1. The molecule has 0 amide bonds. The van der Waals surface area contributed by atoms with Gasteiger partial charge in [0.2, 0.25) is 0 Å². The van der Waals surface area contributed by atoms with Crippen molar-refractivity contribution >= 4 is 11.7 Å². The summed E-state index contributed by atoms with van der Waals surface area (Å²) >= 11 is 0. The molecule has 118 valence electrons. The number of carboxylic acid groups (broad SMARTS) is 1. The second-order valence-corrected chi connectivity index (χ2v) is 4.31. The van der Waals surface area contributed by atoms with Crippen LogP contribution < -0.4 is 4.90 Å². The van der Waals surface area contributed by atoms with Crippen LogP contribution in [0.1, 0.15) is 29.8 Å². The molecule has 1 rings (SSSR count). The van der Waals surface area contributed by atoms with Crippen LogP contribution in [-0.2, 0) is 10.9 Å². The molecule has 0 aliphatic heterocycles. The number of alkyl halides is 3. The summed E-state index contributed by atoms with van der Waals surface area (Å²) in [5.74, 6) is -1.59. The maximum absolute atomic E-state index is 13.0. The number of carboxylic acids is 1. The van der Waals surface area contributed by atoms with Crippen LogP contribution in [0.25, 0.3) is 0 Å². The zero-order chi connectivity index (χ0) is 16.0. The highest BCUT2D eigenvalue weighted by atomic mass is 19.4. The summed E-state index contributed by atoms with van der Waals surface area (Å²) < 4.78 is 44.1. The molecule has 0 aliphatic rings. The first-order valence-corrected chi connectivity index (χ1v) is 6.58. The van der Waals surface area contributed by atoms with Gasteiger partial charge in [0.05, 0.1) is 17.7 Å². The SMILES string of the molecule is CCOCCN(CC)c1ccc(C(=O)O)c(C(F)(F)F)c1. The minimum Gasteiger partial charge on any atom is -0.478 e. The van der Waals surface area contributed by atoms with E-state index in [0.717, 1.165) is 12.1 Å². The molecule has 0 radical (unpaired) electrons. The van der Waals surface area contributed by atoms with Crippen LogP contribution in [0.2, 0.25) is 0 Å². The average Bonchev–Trinajstić information content (AvgIpc) is 2.42. The molecule has 0 unspecified atom stereocenters. The van der Waals surface area contributed by atoms with Gasteiger partial charge in [0.1, 0.15) is 0 Å². The largest absolute Gasteiger partial charge is 0.478 e. The third kappa shape index (κ3) is 4.63. The molecule has 0 heterocycles. The summed E-state index contributed by atoms with van der Waals surface area (Å²) in [6, 6.07) is 3.25. The second-order valence-electron chi connectivity index (χ2n) is 4.31. The Hall–Kier alpha value is -1.76. The average molecular weight is 305 g/mol. The van der Waals surface area contributed by atoms with Crippen molar-refractivity contribution in [2.75, 3.05) is 31.2 Å². The molecular weight excluding hydrogens is 287 g/mol. The van der Waals surface area contributed by atoms with E-state index in [-0.39, 0.29) is 0 Å². The van der Waals surface area contributed by atoms with Crippen molar-refractivity contribution in [3.8, 4) is 0 Å². The van der Waals surface area contributed by atoms with Crippen LogP contribution in [0.4, 0.5) is 18.9 Å². The van der Waals surface area contributed by atoms with Gasteiger partial charge in [-0.15, -0.1) is 0 Å². The Morgan fingerprint density at radius 2 is 2.00 bits per heavy atom. The molecule has 21 heavy (non-hydrogen) atoms. The van der Waals surface area contributed by atoms with Gasteiger partial charge in [0, 0.05) is 25.4 Å². The zero-order valence-electron chi connectivity index (χ0n) is 11.9. The van der Waals surface area contributed by atoms with Gasteiger partial charge in [-0.3, -0.25) is 0 Å². The van der Waals surface area contributed by atoms with Crippen molar-refractivity contribution in [3.63, 3.8) is 0 Å². The standard InChI is InChI=1S/C14H18F3NO3/c1-3-18(7-8-21-4-2)10-5-6-11(13(19)20)12(9-10)14(15,16)17/h5-6,9H,3-4,7-8H2,1-2H3,(H,19,20). The molecule has 4 nitrogen and oxygen atoms in total. The number of rotatable bonds is 7. The van der Waals surface area contributed by atoms with Gasteiger partial charge in [0.25, 0.3) is 0 Å². The first kappa shape index (κ1) is 17.3. The van der Waals surface area contributed by atoms with Gasteiger partial charge < -0.3 is 14.7 Å². The highest BCUT2D eigenvalue weighted by Gasteiger charge is 2.35. The number of halogens is 3. The maximum atomic E-state index is 13.0. The molecule has 1 aromatic carbocycles.